The molecule has 2 N–H and O–H groups in total. The minimum Gasteiger partial charge on any atom is -0.321 e. The summed E-state index contributed by atoms with van der Waals surface area (Å²) in [4.78, 5) is 0. The molecule has 0 saturated heterocycles. The van der Waals surface area contributed by atoms with Crippen LogP contribution in [0.5, 0.6) is 0 Å². The van der Waals surface area contributed by atoms with Crippen molar-refractivity contribution in [3.05, 3.63) is 35.4 Å². The Morgan fingerprint density at radius 1 is 1.21 bits per heavy atom. The van der Waals surface area contributed by atoms with E-state index in [1.807, 2.05) is 0 Å². The van der Waals surface area contributed by atoms with Gasteiger partial charge in [0.25, 0.3) is 0 Å². The molecule has 1 saturated carbocycles. The second kappa shape index (κ2) is 2.91. The van der Waals surface area contributed by atoms with Crippen LogP contribution in [0.3, 0.4) is 0 Å². The number of rotatable bonds is 2. The number of hydrogen-bond acceptors (Lipinski definition) is 1. The summed E-state index contributed by atoms with van der Waals surface area (Å²) in [6, 6.07) is 5.90. The molecule has 1 aliphatic rings. The van der Waals surface area contributed by atoms with Crippen molar-refractivity contribution in [2.24, 2.45) is 5.73 Å². The smallest absolute Gasteiger partial charge is 0.321 e. The molecule has 0 radical (unpaired) electrons. The Morgan fingerprint density at radius 2 is 1.71 bits per heavy atom. The van der Waals surface area contributed by atoms with Crippen LogP contribution < -0.4 is 5.73 Å². The lowest BCUT2D eigenvalue weighted by molar-refractivity contribution is 0.0951. The average molecular weight is 218 g/mol. The molecule has 0 amide bonds. The Balaban J connectivity index is 2.27. The van der Waals surface area contributed by atoms with Crippen LogP contribution in [-0.4, -0.2) is 0 Å². The molecule has 2 rings (SSSR count). The van der Waals surface area contributed by atoms with Crippen molar-refractivity contribution in [1.82, 2.24) is 0 Å². The molecule has 1 fully saturated rings. The van der Waals surface area contributed by atoms with Gasteiger partial charge in [-0.05, 0) is 30.0 Å². The zero-order valence-corrected chi connectivity index (χ0v) is 8.19. The van der Waals surface area contributed by atoms with Gasteiger partial charge in [0.2, 0.25) is 0 Å². The summed E-state index contributed by atoms with van der Waals surface area (Å²) in [6.07, 6.45) is 1.84. The Labute approximate surface area is 85.9 Å². The molecule has 1 aromatic rings. The van der Waals surface area contributed by atoms with Gasteiger partial charge in [-0.25, -0.2) is 0 Å². The highest BCUT2D eigenvalue weighted by Gasteiger charge is 2.40. The zero-order chi connectivity index (χ0) is 10.4. The van der Waals surface area contributed by atoms with Gasteiger partial charge in [0.15, 0.2) is 0 Å². The lowest BCUT2D eigenvalue weighted by Gasteiger charge is -2.12. The van der Waals surface area contributed by atoms with Crippen molar-refractivity contribution < 1.29 is 8.78 Å². The lowest BCUT2D eigenvalue weighted by atomic mass is 10.0. The third-order valence-corrected chi connectivity index (χ3v) is 2.79. The highest BCUT2D eigenvalue weighted by molar-refractivity contribution is 6.21. The fourth-order valence-corrected chi connectivity index (χ4v) is 1.54. The largest absolute Gasteiger partial charge is 0.348 e. The molecule has 14 heavy (non-hydrogen) atoms. The monoisotopic (exact) mass is 217 g/mol. The third-order valence-electron chi connectivity index (χ3n) is 2.58. The maximum atomic E-state index is 12.6. The summed E-state index contributed by atoms with van der Waals surface area (Å²) < 4.78 is 25.3. The molecule has 0 aliphatic heterocycles. The van der Waals surface area contributed by atoms with E-state index in [-0.39, 0.29) is 11.1 Å². The molecule has 0 unspecified atom stereocenters. The van der Waals surface area contributed by atoms with Gasteiger partial charge in [0.05, 0.1) is 0 Å². The van der Waals surface area contributed by atoms with Crippen molar-refractivity contribution >= 4 is 11.6 Å². The summed E-state index contributed by atoms with van der Waals surface area (Å²) >= 11 is 4.88. The molecular formula is C10H10ClF2N. The van der Waals surface area contributed by atoms with Gasteiger partial charge in [0, 0.05) is 11.1 Å². The van der Waals surface area contributed by atoms with Crippen LogP contribution >= 0.6 is 11.6 Å². The molecule has 1 aliphatic carbocycles. The van der Waals surface area contributed by atoms with Crippen LogP contribution in [0.4, 0.5) is 8.78 Å². The first-order valence-corrected chi connectivity index (χ1v) is 4.76. The van der Waals surface area contributed by atoms with Crippen LogP contribution in [0.15, 0.2) is 24.3 Å². The van der Waals surface area contributed by atoms with Gasteiger partial charge >= 0.3 is 5.38 Å². The molecule has 4 heteroatoms. The Bertz CT molecular complexity index is 314. The van der Waals surface area contributed by atoms with E-state index in [1.54, 1.807) is 12.1 Å². The van der Waals surface area contributed by atoms with Crippen molar-refractivity contribution in [2.45, 2.75) is 23.8 Å². The molecular weight excluding hydrogens is 208 g/mol. The van der Waals surface area contributed by atoms with Gasteiger partial charge in [-0.2, -0.15) is 8.78 Å². The number of halogens is 3. The predicted molar refractivity (Wildman–Crippen MR) is 51.3 cm³/mol. The standard InChI is InChI=1S/C10H10ClF2N/c11-10(12,13)8-3-1-7(2-4-8)9(14)5-6-9/h1-4H,5-6,14H2. The van der Waals surface area contributed by atoms with E-state index in [1.165, 1.54) is 12.1 Å². The second-order valence-electron chi connectivity index (χ2n) is 3.73. The fraction of sp³-hybridized carbons (Fsp3) is 0.400. The SMILES string of the molecule is NC1(c2ccc(C(F)(F)Cl)cc2)CC1. The number of hydrogen-bond donors (Lipinski definition) is 1. The first kappa shape index (κ1) is 9.87. The van der Waals surface area contributed by atoms with Crippen LogP contribution in [0.1, 0.15) is 24.0 Å². The molecule has 1 aromatic carbocycles. The second-order valence-corrected chi connectivity index (χ2v) is 4.21. The summed E-state index contributed by atoms with van der Waals surface area (Å²) in [5, 5.41) is -3.29. The van der Waals surface area contributed by atoms with E-state index >= 15 is 0 Å². The molecule has 0 atom stereocenters. The highest BCUT2D eigenvalue weighted by Crippen LogP contribution is 2.43. The van der Waals surface area contributed by atoms with Crippen molar-refractivity contribution in [2.75, 3.05) is 0 Å². The quantitative estimate of drug-likeness (QED) is 0.758. The molecule has 76 valence electrons. The van der Waals surface area contributed by atoms with Gasteiger partial charge in [0.1, 0.15) is 0 Å². The van der Waals surface area contributed by atoms with E-state index in [0.29, 0.717) is 0 Å². The molecule has 1 nitrogen and oxygen atoms in total. The summed E-state index contributed by atoms with van der Waals surface area (Å²) in [5.74, 6) is 0. The van der Waals surface area contributed by atoms with Gasteiger partial charge < -0.3 is 5.73 Å². The fourth-order valence-electron chi connectivity index (χ4n) is 1.41. The van der Waals surface area contributed by atoms with E-state index < -0.39 is 5.38 Å². The molecule has 0 aromatic heterocycles. The summed E-state index contributed by atoms with van der Waals surface area (Å²) in [7, 11) is 0. The average Bonchev–Trinajstić information content (AvgIpc) is 2.84. The lowest BCUT2D eigenvalue weighted by Crippen LogP contribution is -2.18. The number of nitrogens with two attached hydrogens (primary N) is 1. The molecule has 0 heterocycles. The zero-order valence-electron chi connectivity index (χ0n) is 7.43. The maximum Gasteiger partial charge on any atom is 0.348 e. The van der Waals surface area contributed by atoms with Crippen LogP contribution in [0, 0.1) is 0 Å². The van der Waals surface area contributed by atoms with Crippen LogP contribution in [0.25, 0.3) is 0 Å². The third kappa shape index (κ3) is 1.74. The predicted octanol–water partition coefficient (Wildman–Crippen LogP) is 2.92. The molecule has 0 spiro atoms. The summed E-state index contributed by atoms with van der Waals surface area (Å²) in [5.41, 5.74) is 6.35. The first-order valence-electron chi connectivity index (χ1n) is 4.38. The minimum absolute atomic E-state index is 0.188. The minimum atomic E-state index is -3.29. The van der Waals surface area contributed by atoms with Crippen molar-refractivity contribution in [3.63, 3.8) is 0 Å². The van der Waals surface area contributed by atoms with Gasteiger partial charge in [-0.1, -0.05) is 24.3 Å². The molecule has 0 bridgehead atoms. The van der Waals surface area contributed by atoms with Crippen molar-refractivity contribution in [3.8, 4) is 0 Å². The Morgan fingerprint density at radius 3 is 2.07 bits per heavy atom. The Kier molecular flexibility index (Phi) is 2.05. The van der Waals surface area contributed by atoms with Gasteiger partial charge in [-0.3, -0.25) is 0 Å². The summed E-state index contributed by atoms with van der Waals surface area (Å²) in [6.45, 7) is 0. The van der Waals surface area contributed by atoms with Gasteiger partial charge in [-0.15, -0.1) is 0 Å². The van der Waals surface area contributed by atoms with Crippen LogP contribution in [0.2, 0.25) is 0 Å². The normalized spacial score (nSPS) is 19.4. The maximum absolute atomic E-state index is 12.6. The van der Waals surface area contributed by atoms with E-state index in [4.69, 9.17) is 17.3 Å². The Hall–Kier alpha value is -0.670. The first-order chi connectivity index (χ1) is 6.42. The number of alkyl halides is 3. The van der Waals surface area contributed by atoms with E-state index in [0.717, 1.165) is 18.4 Å². The highest BCUT2D eigenvalue weighted by atomic mass is 35.5. The number of benzene rings is 1. The van der Waals surface area contributed by atoms with Crippen molar-refractivity contribution in [1.29, 1.82) is 0 Å². The van der Waals surface area contributed by atoms with E-state index in [2.05, 4.69) is 0 Å². The van der Waals surface area contributed by atoms with Crippen LogP contribution in [-0.2, 0) is 10.9 Å². The van der Waals surface area contributed by atoms with E-state index in [9.17, 15) is 8.78 Å². The topological polar surface area (TPSA) is 26.0 Å².